The number of rotatable bonds is 5. The minimum absolute atomic E-state index is 0.173. The number of ether oxygens (including phenoxy) is 1. The van der Waals surface area contributed by atoms with Crippen LogP contribution in [-0.4, -0.2) is 33.8 Å². The minimum atomic E-state index is -0.373. The number of benzene rings is 1. The maximum Gasteiger partial charge on any atom is 0.230 e. The molecule has 2 aliphatic rings. The molecule has 2 heterocycles. The van der Waals surface area contributed by atoms with Crippen LogP contribution in [0.4, 0.5) is 0 Å². The smallest absolute Gasteiger partial charge is 0.230 e. The number of nitrogens with one attached hydrogen (secondary N) is 1. The van der Waals surface area contributed by atoms with Crippen LogP contribution in [0, 0.1) is 0 Å². The van der Waals surface area contributed by atoms with E-state index in [2.05, 4.69) is 32.2 Å². The van der Waals surface area contributed by atoms with Crippen LogP contribution in [0.1, 0.15) is 62.2 Å². The number of methoxy groups -OCH3 is 1. The van der Waals surface area contributed by atoms with Gasteiger partial charge in [-0.05, 0) is 31.2 Å². The number of hydrogen-bond donors (Lipinski definition) is 1. The van der Waals surface area contributed by atoms with Crippen LogP contribution < -0.4 is 5.32 Å². The molecule has 1 unspecified atom stereocenters. The van der Waals surface area contributed by atoms with Crippen LogP contribution in [-0.2, 0) is 34.5 Å². The predicted molar refractivity (Wildman–Crippen MR) is 107 cm³/mol. The van der Waals surface area contributed by atoms with Crippen LogP contribution in [0.25, 0.3) is 0 Å². The highest BCUT2D eigenvalue weighted by molar-refractivity contribution is 5.88. The molecule has 28 heavy (non-hydrogen) atoms. The van der Waals surface area contributed by atoms with Gasteiger partial charge in [0.2, 0.25) is 5.91 Å². The highest BCUT2D eigenvalue weighted by Crippen LogP contribution is 2.40. The molecule has 2 aromatic rings. The summed E-state index contributed by atoms with van der Waals surface area (Å²) in [5.74, 6) is 2.08. The Morgan fingerprint density at radius 3 is 2.71 bits per heavy atom. The number of amides is 1. The van der Waals surface area contributed by atoms with Crippen molar-refractivity contribution < 1.29 is 9.53 Å². The van der Waals surface area contributed by atoms with Gasteiger partial charge >= 0.3 is 0 Å². The maximum absolute atomic E-state index is 13.5. The van der Waals surface area contributed by atoms with Gasteiger partial charge in [-0.1, -0.05) is 49.6 Å². The lowest BCUT2D eigenvalue weighted by atomic mass is 9.68. The second-order valence-corrected chi connectivity index (χ2v) is 8.12. The molecule has 4 rings (SSSR count). The van der Waals surface area contributed by atoms with E-state index in [0.29, 0.717) is 6.61 Å². The summed E-state index contributed by atoms with van der Waals surface area (Å²) in [6.07, 6.45) is 7.99. The van der Waals surface area contributed by atoms with Gasteiger partial charge in [0.05, 0.1) is 5.41 Å². The lowest BCUT2D eigenvalue weighted by Gasteiger charge is -2.37. The summed E-state index contributed by atoms with van der Waals surface area (Å²) in [6, 6.07) is 10.5. The fourth-order valence-electron chi connectivity index (χ4n) is 4.81. The van der Waals surface area contributed by atoms with Crippen molar-refractivity contribution in [3.05, 3.63) is 47.5 Å². The molecule has 6 heteroatoms. The van der Waals surface area contributed by atoms with Crippen LogP contribution in [0.2, 0.25) is 0 Å². The van der Waals surface area contributed by atoms with Gasteiger partial charge in [0.25, 0.3) is 0 Å². The average molecular weight is 383 g/mol. The Kier molecular flexibility index (Phi) is 5.76. The van der Waals surface area contributed by atoms with Crippen LogP contribution in [0.15, 0.2) is 30.3 Å². The van der Waals surface area contributed by atoms with Crippen molar-refractivity contribution in [1.82, 2.24) is 20.1 Å². The molecule has 1 aromatic carbocycles. The Labute approximate surface area is 166 Å². The Balaban J connectivity index is 1.48. The molecule has 1 saturated carbocycles. The third-order valence-electron chi connectivity index (χ3n) is 6.40. The molecule has 0 radical (unpaired) electrons. The average Bonchev–Trinajstić information content (AvgIpc) is 3.01. The second-order valence-electron chi connectivity index (χ2n) is 8.12. The summed E-state index contributed by atoms with van der Waals surface area (Å²) in [4.78, 5) is 13.5. The van der Waals surface area contributed by atoms with E-state index in [4.69, 9.17) is 4.74 Å². The summed E-state index contributed by atoms with van der Waals surface area (Å²) in [5.41, 5.74) is 0.794. The van der Waals surface area contributed by atoms with E-state index in [9.17, 15) is 4.79 Å². The first-order chi connectivity index (χ1) is 13.7. The number of fused-ring (bicyclic) bond motifs is 1. The molecular weight excluding hydrogens is 352 g/mol. The summed E-state index contributed by atoms with van der Waals surface area (Å²) < 4.78 is 7.39. The van der Waals surface area contributed by atoms with Gasteiger partial charge in [-0.25, -0.2) is 0 Å². The quantitative estimate of drug-likeness (QED) is 0.862. The lowest BCUT2D eigenvalue weighted by Crippen LogP contribution is -2.49. The normalized spacial score (nSPS) is 21.5. The van der Waals surface area contributed by atoms with Gasteiger partial charge in [0.1, 0.15) is 12.4 Å². The molecule has 1 aliphatic heterocycles. The maximum atomic E-state index is 13.5. The lowest BCUT2D eigenvalue weighted by molar-refractivity contribution is -0.128. The second kappa shape index (κ2) is 8.43. The predicted octanol–water partition coefficient (Wildman–Crippen LogP) is 3.15. The van der Waals surface area contributed by atoms with E-state index in [1.807, 2.05) is 18.2 Å². The Morgan fingerprint density at radius 2 is 1.96 bits per heavy atom. The van der Waals surface area contributed by atoms with E-state index in [-0.39, 0.29) is 17.4 Å². The van der Waals surface area contributed by atoms with Crippen molar-refractivity contribution in [2.24, 2.45) is 0 Å². The largest absolute Gasteiger partial charge is 0.377 e. The first kappa shape index (κ1) is 19.1. The van der Waals surface area contributed by atoms with Crippen molar-refractivity contribution in [1.29, 1.82) is 0 Å². The van der Waals surface area contributed by atoms with Gasteiger partial charge in [-0.2, -0.15) is 0 Å². The summed E-state index contributed by atoms with van der Waals surface area (Å²) in [5, 5.41) is 12.0. The summed E-state index contributed by atoms with van der Waals surface area (Å²) in [7, 11) is 1.68. The zero-order valence-electron chi connectivity index (χ0n) is 16.7. The summed E-state index contributed by atoms with van der Waals surface area (Å²) in [6.45, 7) is 1.30. The third-order valence-corrected chi connectivity index (χ3v) is 6.40. The number of nitrogens with zero attached hydrogens (tertiary/aromatic N) is 3. The first-order valence-electron chi connectivity index (χ1n) is 10.5. The van der Waals surface area contributed by atoms with E-state index in [1.165, 1.54) is 12.0 Å². The molecule has 0 bridgehead atoms. The molecule has 1 aromatic heterocycles. The fraction of sp³-hybridized carbons (Fsp3) is 0.591. The Morgan fingerprint density at radius 1 is 1.18 bits per heavy atom. The molecule has 1 amide bonds. The highest BCUT2D eigenvalue weighted by atomic mass is 16.5. The minimum Gasteiger partial charge on any atom is -0.377 e. The molecule has 0 spiro atoms. The molecule has 0 saturated heterocycles. The molecule has 1 fully saturated rings. The Hall–Kier alpha value is -2.21. The van der Waals surface area contributed by atoms with Crippen molar-refractivity contribution in [2.75, 3.05) is 7.11 Å². The van der Waals surface area contributed by atoms with E-state index >= 15 is 0 Å². The SMILES string of the molecule is COCc1nnc2n1CCC(NC(=O)C1(c3ccccc3)CCCCC1)CC2. The number of carbonyl (C=O) groups is 1. The van der Waals surface area contributed by atoms with Crippen LogP contribution in [0.5, 0.6) is 0 Å². The topological polar surface area (TPSA) is 69.0 Å². The third kappa shape index (κ3) is 3.70. The van der Waals surface area contributed by atoms with Crippen LogP contribution >= 0.6 is 0 Å². The fourth-order valence-corrected chi connectivity index (χ4v) is 4.81. The molecule has 150 valence electrons. The van der Waals surface area contributed by atoms with Gasteiger partial charge in [0.15, 0.2) is 5.82 Å². The molecular formula is C22H30N4O2. The highest BCUT2D eigenvalue weighted by Gasteiger charge is 2.41. The Bertz CT molecular complexity index is 796. The zero-order chi connectivity index (χ0) is 19.4. The van der Waals surface area contributed by atoms with Crippen LogP contribution in [0.3, 0.4) is 0 Å². The summed E-state index contributed by atoms with van der Waals surface area (Å²) >= 11 is 0. The molecule has 6 nitrogen and oxygen atoms in total. The van der Waals surface area contributed by atoms with E-state index in [0.717, 1.165) is 63.1 Å². The standard InChI is InChI=1S/C22H30N4O2/c1-28-16-20-25-24-19-11-10-18(12-15-26(19)20)23-21(27)22(13-6-3-7-14-22)17-8-4-2-5-9-17/h2,4-5,8-9,18H,3,6-7,10-16H2,1H3,(H,23,27). The van der Waals surface area contributed by atoms with Gasteiger partial charge in [0, 0.05) is 26.1 Å². The van der Waals surface area contributed by atoms with E-state index in [1.54, 1.807) is 7.11 Å². The molecule has 1 N–H and O–H groups in total. The van der Waals surface area contributed by atoms with Crippen molar-refractivity contribution in [3.8, 4) is 0 Å². The number of aryl methyl sites for hydroxylation is 1. The molecule has 1 atom stereocenters. The van der Waals surface area contributed by atoms with Gasteiger partial charge < -0.3 is 14.6 Å². The number of aromatic nitrogens is 3. The van der Waals surface area contributed by atoms with Crippen molar-refractivity contribution >= 4 is 5.91 Å². The zero-order valence-corrected chi connectivity index (χ0v) is 16.7. The monoisotopic (exact) mass is 382 g/mol. The number of hydrogen-bond acceptors (Lipinski definition) is 4. The van der Waals surface area contributed by atoms with E-state index < -0.39 is 0 Å². The molecule has 1 aliphatic carbocycles. The van der Waals surface area contributed by atoms with Gasteiger partial charge in [-0.15, -0.1) is 10.2 Å². The van der Waals surface area contributed by atoms with Gasteiger partial charge in [-0.3, -0.25) is 4.79 Å². The first-order valence-corrected chi connectivity index (χ1v) is 10.5. The van der Waals surface area contributed by atoms with Crippen molar-refractivity contribution in [2.45, 2.75) is 76.0 Å². The number of carbonyl (C=O) groups excluding carboxylic acids is 1. The van der Waals surface area contributed by atoms with Crippen molar-refractivity contribution in [3.63, 3.8) is 0 Å².